The van der Waals surface area contributed by atoms with Gasteiger partial charge in [0.1, 0.15) is 5.82 Å². The zero-order valence-electron chi connectivity index (χ0n) is 9.32. The van der Waals surface area contributed by atoms with E-state index in [2.05, 4.69) is 9.78 Å². The van der Waals surface area contributed by atoms with Gasteiger partial charge in [0.2, 0.25) is 0 Å². The largest absolute Gasteiger partial charge is 0.384 e. The van der Waals surface area contributed by atoms with Gasteiger partial charge in [0, 0.05) is 12.0 Å². The van der Waals surface area contributed by atoms with E-state index in [4.69, 9.17) is 10.5 Å². The van der Waals surface area contributed by atoms with Crippen molar-refractivity contribution in [3.05, 3.63) is 11.3 Å². The monoisotopic (exact) mass is 239 g/mol. The number of nitrogens with two attached hydrogens (primary N) is 1. The Morgan fingerprint density at radius 3 is 2.94 bits per heavy atom. The van der Waals surface area contributed by atoms with Crippen molar-refractivity contribution in [1.82, 2.24) is 9.78 Å². The van der Waals surface area contributed by atoms with Crippen LogP contribution in [-0.4, -0.2) is 27.9 Å². The van der Waals surface area contributed by atoms with Crippen LogP contribution in [0.1, 0.15) is 30.1 Å². The van der Waals surface area contributed by atoms with Gasteiger partial charge in [-0.05, 0) is 24.3 Å². The van der Waals surface area contributed by atoms with Gasteiger partial charge >= 0.3 is 0 Å². The van der Waals surface area contributed by atoms with Crippen molar-refractivity contribution in [3.63, 3.8) is 0 Å². The second kappa shape index (κ2) is 4.30. The lowest BCUT2D eigenvalue weighted by Crippen LogP contribution is -2.18. The van der Waals surface area contributed by atoms with E-state index in [9.17, 15) is 0 Å². The van der Waals surface area contributed by atoms with Gasteiger partial charge in [0.15, 0.2) is 0 Å². The molecular formula is C11H17N3OS. The predicted octanol–water partition coefficient (Wildman–Crippen LogP) is 1.61. The fourth-order valence-electron chi connectivity index (χ4n) is 2.44. The maximum absolute atomic E-state index is 6.17. The molecule has 16 heavy (non-hydrogen) atoms. The first-order valence-electron chi connectivity index (χ1n) is 5.87. The molecule has 2 N–H and O–H groups in total. The van der Waals surface area contributed by atoms with Crippen molar-refractivity contribution in [2.45, 2.75) is 31.9 Å². The lowest BCUT2D eigenvalue weighted by Gasteiger charge is -2.22. The van der Waals surface area contributed by atoms with Crippen LogP contribution in [0.4, 0.5) is 5.82 Å². The minimum atomic E-state index is 0.506. The van der Waals surface area contributed by atoms with Gasteiger partial charge in [-0.15, -0.1) is 0 Å². The van der Waals surface area contributed by atoms with E-state index in [1.807, 2.05) is 11.8 Å². The minimum absolute atomic E-state index is 0.506. The number of rotatable bonds is 1. The van der Waals surface area contributed by atoms with Crippen molar-refractivity contribution in [2.24, 2.45) is 0 Å². The van der Waals surface area contributed by atoms with Crippen LogP contribution in [0.3, 0.4) is 0 Å². The van der Waals surface area contributed by atoms with Crippen LogP contribution < -0.4 is 5.73 Å². The molecule has 2 aliphatic rings. The lowest BCUT2D eigenvalue weighted by molar-refractivity contribution is 0.110. The van der Waals surface area contributed by atoms with E-state index in [0.29, 0.717) is 12.6 Å². The molecule has 0 spiro atoms. The number of hydrogen-bond donors (Lipinski definition) is 1. The third kappa shape index (κ3) is 1.72. The van der Waals surface area contributed by atoms with Gasteiger partial charge in [-0.3, -0.25) is 0 Å². The molecule has 0 unspecified atom stereocenters. The molecule has 2 aliphatic heterocycles. The molecule has 5 heteroatoms. The van der Waals surface area contributed by atoms with Crippen molar-refractivity contribution < 1.29 is 4.74 Å². The Labute approximate surface area is 99.5 Å². The number of aromatic nitrogens is 2. The predicted molar refractivity (Wildman–Crippen MR) is 65.6 cm³/mol. The summed E-state index contributed by atoms with van der Waals surface area (Å²) in [5, 5.41) is 4.68. The summed E-state index contributed by atoms with van der Waals surface area (Å²) in [7, 11) is 0. The second-order valence-corrected chi connectivity index (χ2v) is 5.63. The number of fused-ring (bicyclic) bond motifs is 1. The topological polar surface area (TPSA) is 53.1 Å². The van der Waals surface area contributed by atoms with E-state index >= 15 is 0 Å². The quantitative estimate of drug-likeness (QED) is 0.809. The molecule has 1 saturated heterocycles. The highest BCUT2D eigenvalue weighted by atomic mass is 32.2. The number of anilines is 1. The smallest absolute Gasteiger partial charge is 0.127 e. The third-order valence-electron chi connectivity index (χ3n) is 3.40. The van der Waals surface area contributed by atoms with Gasteiger partial charge in [-0.1, -0.05) is 0 Å². The summed E-state index contributed by atoms with van der Waals surface area (Å²) in [4.78, 5) is 0. The molecule has 0 saturated carbocycles. The Balaban J connectivity index is 1.91. The molecule has 0 bridgehead atoms. The Kier molecular flexibility index (Phi) is 2.81. The van der Waals surface area contributed by atoms with Crippen molar-refractivity contribution in [2.75, 3.05) is 23.8 Å². The maximum Gasteiger partial charge on any atom is 0.127 e. The Morgan fingerprint density at radius 2 is 2.19 bits per heavy atom. The molecule has 0 radical (unpaired) electrons. The summed E-state index contributed by atoms with van der Waals surface area (Å²) < 4.78 is 7.49. The number of thioether (sulfide) groups is 1. The molecule has 0 atom stereocenters. The molecule has 0 amide bonds. The standard InChI is InChI=1S/C11H17N3OS/c12-11-9-7-15-4-1-10(9)13-14(11)8-2-5-16-6-3-8/h8H,1-7,12H2. The highest BCUT2D eigenvalue weighted by Crippen LogP contribution is 2.32. The Hall–Kier alpha value is -0.680. The number of nitrogen functional groups attached to an aromatic ring is 1. The molecule has 88 valence electrons. The molecule has 0 aliphatic carbocycles. The summed E-state index contributed by atoms with van der Waals surface area (Å²) in [5.41, 5.74) is 8.45. The third-order valence-corrected chi connectivity index (χ3v) is 4.45. The van der Waals surface area contributed by atoms with Crippen LogP contribution in [0.2, 0.25) is 0 Å². The second-order valence-electron chi connectivity index (χ2n) is 4.40. The van der Waals surface area contributed by atoms with E-state index < -0.39 is 0 Å². The summed E-state index contributed by atoms with van der Waals surface area (Å²) in [6.45, 7) is 1.42. The van der Waals surface area contributed by atoms with Gasteiger partial charge in [0.25, 0.3) is 0 Å². The van der Waals surface area contributed by atoms with Crippen LogP contribution in [0.5, 0.6) is 0 Å². The zero-order chi connectivity index (χ0) is 11.0. The van der Waals surface area contributed by atoms with Gasteiger partial charge in [-0.2, -0.15) is 16.9 Å². The maximum atomic E-state index is 6.17. The first-order chi connectivity index (χ1) is 7.86. The van der Waals surface area contributed by atoms with Crippen LogP contribution in [-0.2, 0) is 17.8 Å². The molecule has 1 aromatic rings. The highest BCUT2D eigenvalue weighted by molar-refractivity contribution is 7.99. The van der Waals surface area contributed by atoms with E-state index in [-0.39, 0.29) is 0 Å². The molecule has 3 heterocycles. The summed E-state index contributed by atoms with van der Waals surface area (Å²) >= 11 is 2.03. The van der Waals surface area contributed by atoms with Crippen LogP contribution in [0.25, 0.3) is 0 Å². The van der Waals surface area contributed by atoms with E-state index in [1.165, 1.54) is 24.3 Å². The fourth-order valence-corrected chi connectivity index (χ4v) is 3.52. The Morgan fingerprint density at radius 1 is 1.38 bits per heavy atom. The number of nitrogens with zero attached hydrogens (tertiary/aromatic N) is 2. The average molecular weight is 239 g/mol. The first kappa shape index (κ1) is 10.5. The zero-order valence-corrected chi connectivity index (χ0v) is 10.1. The van der Waals surface area contributed by atoms with Crippen LogP contribution in [0, 0.1) is 0 Å². The highest BCUT2D eigenvalue weighted by Gasteiger charge is 2.24. The van der Waals surface area contributed by atoms with Crippen molar-refractivity contribution in [1.29, 1.82) is 0 Å². The van der Waals surface area contributed by atoms with Gasteiger partial charge < -0.3 is 10.5 Å². The number of ether oxygens (including phenoxy) is 1. The van der Waals surface area contributed by atoms with Gasteiger partial charge in [0.05, 0.1) is 24.9 Å². The van der Waals surface area contributed by atoms with Crippen LogP contribution in [0.15, 0.2) is 0 Å². The summed E-state index contributed by atoms with van der Waals surface area (Å²) in [5.74, 6) is 3.29. The van der Waals surface area contributed by atoms with Crippen molar-refractivity contribution in [3.8, 4) is 0 Å². The average Bonchev–Trinajstić information content (AvgIpc) is 2.69. The molecule has 3 rings (SSSR count). The summed E-state index contributed by atoms with van der Waals surface area (Å²) in [6, 6.07) is 0.506. The molecule has 1 aromatic heterocycles. The van der Waals surface area contributed by atoms with Crippen molar-refractivity contribution >= 4 is 17.6 Å². The van der Waals surface area contributed by atoms with Gasteiger partial charge in [-0.25, -0.2) is 4.68 Å². The SMILES string of the molecule is Nc1c2c(nn1C1CCSCC1)CCOC2. The van der Waals surface area contributed by atoms with Crippen LogP contribution >= 0.6 is 11.8 Å². The molecule has 0 aromatic carbocycles. The number of hydrogen-bond acceptors (Lipinski definition) is 4. The van der Waals surface area contributed by atoms with E-state index in [1.54, 1.807) is 0 Å². The molecular weight excluding hydrogens is 222 g/mol. The summed E-state index contributed by atoms with van der Waals surface area (Å²) in [6.07, 6.45) is 3.29. The molecule has 1 fully saturated rings. The first-order valence-corrected chi connectivity index (χ1v) is 7.03. The Bertz CT molecular complexity index is 385. The lowest BCUT2D eigenvalue weighted by atomic mass is 10.1. The fraction of sp³-hybridized carbons (Fsp3) is 0.727. The molecule has 4 nitrogen and oxygen atoms in total. The van der Waals surface area contributed by atoms with E-state index in [0.717, 1.165) is 30.1 Å². The normalized spacial score (nSPS) is 22.0. The minimum Gasteiger partial charge on any atom is -0.384 e.